The predicted molar refractivity (Wildman–Crippen MR) is 179 cm³/mol. The van der Waals surface area contributed by atoms with Crippen LogP contribution in [0, 0.1) is 0 Å². The van der Waals surface area contributed by atoms with Crippen molar-refractivity contribution in [3.63, 3.8) is 0 Å². The lowest BCUT2D eigenvalue weighted by Gasteiger charge is -2.38. The summed E-state index contributed by atoms with van der Waals surface area (Å²) in [5.74, 6) is -0.491. The summed E-state index contributed by atoms with van der Waals surface area (Å²) >= 11 is 0. The summed E-state index contributed by atoms with van der Waals surface area (Å²) in [6, 6.07) is 14.1. The quantitative estimate of drug-likeness (QED) is 0.169. The molecule has 3 N–H and O–H groups in total. The van der Waals surface area contributed by atoms with Gasteiger partial charge in [0.2, 0.25) is 10.0 Å². The monoisotopic (exact) mass is 753 g/mol. The Morgan fingerprint density at radius 1 is 0.942 bits per heavy atom. The van der Waals surface area contributed by atoms with Crippen molar-refractivity contribution in [2.75, 3.05) is 50.2 Å². The molecule has 1 fully saturated rings. The maximum Gasteiger partial charge on any atom is 0.433 e. The van der Waals surface area contributed by atoms with Crippen LogP contribution in [-0.2, 0) is 28.0 Å². The predicted octanol–water partition coefficient (Wildman–Crippen LogP) is 6.31. The number of fused-ring (bicyclic) bond motifs is 1. The third kappa shape index (κ3) is 8.50. The van der Waals surface area contributed by atoms with Gasteiger partial charge >= 0.3 is 18.4 Å². The summed E-state index contributed by atoms with van der Waals surface area (Å²) in [5, 5.41) is 16.7. The number of aromatic nitrogens is 1. The van der Waals surface area contributed by atoms with E-state index in [9.17, 15) is 49.5 Å². The van der Waals surface area contributed by atoms with E-state index >= 15 is 0 Å². The number of pyridine rings is 1. The molecule has 0 unspecified atom stereocenters. The summed E-state index contributed by atoms with van der Waals surface area (Å²) in [4.78, 5) is 31.6. The molecule has 3 aromatic carbocycles. The molecule has 0 spiro atoms. The third-order valence-corrected chi connectivity index (χ3v) is 9.71. The van der Waals surface area contributed by atoms with Gasteiger partial charge in [-0.05, 0) is 60.9 Å². The number of anilines is 2. The summed E-state index contributed by atoms with van der Waals surface area (Å²) < 4.78 is 111. The average Bonchev–Trinajstić information content (AvgIpc) is 3.08. The van der Waals surface area contributed by atoms with Crippen molar-refractivity contribution >= 4 is 44.2 Å². The second kappa shape index (κ2) is 14.5. The van der Waals surface area contributed by atoms with Gasteiger partial charge in [-0.15, -0.1) is 0 Å². The molecule has 0 bridgehead atoms. The Bertz CT molecular complexity index is 2090. The van der Waals surface area contributed by atoms with Gasteiger partial charge in [-0.1, -0.05) is 30.3 Å². The highest BCUT2D eigenvalue weighted by atomic mass is 32.2. The molecule has 1 saturated heterocycles. The minimum absolute atomic E-state index is 0.00169. The molecule has 18 heteroatoms. The van der Waals surface area contributed by atoms with Crippen LogP contribution in [0.3, 0.4) is 0 Å². The molecule has 278 valence electrons. The molecule has 5 rings (SSSR count). The second-order valence-corrected chi connectivity index (χ2v) is 14.0. The Balaban J connectivity index is 1.25. The minimum atomic E-state index is -4.74. The van der Waals surface area contributed by atoms with Crippen LogP contribution in [0.15, 0.2) is 72.8 Å². The van der Waals surface area contributed by atoms with E-state index in [0.29, 0.717) is 9.69 Å². The molecule has 2 heterocycles. The van der Waals surface area contributed by atoms with Crippen molar-refractivity contribution in [2.45, 2.75) is 30.8 Å². The lowest BCUT2D eigenvalue weighted by Crippen LogP contribution is -2.45. The van der Waals surface area contributed by atoms with Gasteiger partial charge in [0.1, 0.15) is 11.4 Å². The maximum absolute atomic E-state index is 13.5. The summed E-state index contributed by atoms with van der Waals surface area (Å²) in [7, 11) is -2.94. The van der Waals surface area contributed by atoms with Crippen LogP contribution in [0.1, 0.15) is 40.0 Å². The van der Waals surface area contributed by atoms with E-state index in [0.717, 1.165) is 24.5 Å². The first-order chi connectivity index (χ1) is 24.3. The first-order valence-corrected chi connectivity index (χ1v) is 17.5. The number of methoxy groups -OCH3 is 1. The van der Waals surface area contributed by atoms with Crippen molar-refractivity contribution in [1.29, 1.82) is 0 Å². The Morgan fingerprint density at radius 2 is 1.63 bits per heavy atom. The van der Waals surface area contributed by atoms with Gasteiger partial charge in [-0.2, -0.15) is 26.3 Å². The lowest BCUT2D eigenvalue weighted by molar-refractivity contribution is -0.141. The second-order valence-electron chi connectivity index (χ2n) is 12.1. The van der Waals surface area contributed by atoms with Crippen LogP contribution in [-0.4, -0.2) is 79.2 Å². The van der Waals surface area contributed by atoms with Crippen LogP contribution < -0.4 is 15.4 Å². The number of piperidine rings is 1. The average molecular weight is 754 g/mol. The molecule has 0 atom stereocenters. The molecule has 1 aliphatic heterocycles. The van der Waals surface area contributed by atoms with Crippen molar-refractivity contribution in [3.8, 4) is 5.75 Å². The van der Waals surface area contributed by atoms with E-state index < -0.39 is 57.7 Å². The highest BCUT2D eigenvalue weighted by Gasteiger charge is 2.38. The van der Waals surface area contributed by atoms with Crippen LogP contribution in [0.5, 0.6) is 5.75 Å². The van der Waals surface area contributed by atoms with Gasteiger partial charge in [-0.3, -0.25) is 4.79 Å². The highest BCUT2D eigenvalue weighted by molar-refractivity contribution is 7.88. The van der Waals surface area contributed by atoms with Gasteiger partial charge < -0.3 is 25.4 Å². The van der Waals surface area contributed by atoms with E-state index in [-0.39, 0.29) is 66.2 Å². The molecule has 4 aromatic rings. The van der Waals surface area contributed by atoms with Crippen LogP contribution >= 0.6 is 0 Å². The number of para-hydroxylation sites is 1. The number of carbonyl (C=O) groups excluding carboxylic acids is 2. The van der Waals surface area contributed by atoms with E-state index in [4.69, 9.17) is 4.74 Å². The van der Waals surface area contributed by atoms with Gasteiger partial charge in [0.05, 0.1) is 42.3 Å². The normalized spacial score (nSPS) is 14.9. The number of benzene rings is 3. The Morgan fingerprint density at radius 3 is 2.27 bits per heavy atom. The first-order valence-electron chi connectivity index (χ1n) is 15.7. The van der Waals surface area contributed by atoms with E-state index in [1.807, 2.05) is 0 Å². The maximum atomic E-state index is 13.5. The highest BCUT2D eigenvalue weighted by Crippen LogP contribution is 2.38. The molecule has 11 nitrogen and oxygen atoms in total. The molecule has 1 aromatic heterocycles. The Labute approximate surface area is 294 Å². The number of hydrogen-bond acceptors (Lipinski definition) is 8. The van der Waals surface area contributed by atoms with Crippen LogP contribution in [0.4, 0.5) is 42.5 Å². The topological polar surface area (TPSA) is 141 Å². The number of alkyl halides is 6. The van der Waals surface area contributed by atoms with Crippen LogP contribution in [0.2, 0.25) is 0 Å². The minimum Gasteiger partial charge on any atom is -0.495 e. The number of rotatable bonds is 9. The third-order valence-electron chi connectivity index (χ3n) is 8.56. The Kier molecular flexibility index (Phi) is 10.6. The smallest absolute Gasteiger partial charge is 0.433 e. The Hall–Kier alpha value is -5.10. The number of aliphatic hydroxyl groups is 1. The zero-order valence-electron chi connectivity index (χ0n) is 27.7. The zero-order valence-corrected chi connectivity index (χ0v) is 28.5. The molecule has 0 radical (unpaired) electrons. The van der Waals surface area contributed by atoms with Gasteiger partial charge in [0.15, 0.2) is 0 Å². The fraction of sp³-hybridized carbons (Fsp3) is 0.324. The number of nitrogens with one attached hydrogen (secondary N) is 2. The molecule has 0 saturated carbocycles. The number of halogens is 6. The number of amides is 3. The van der Waals surface area contributed by atoms with E-state index in [2.05, 4.69) is 15.6 Å². The van der Waals surface area contributed by atoms with Gasteiger partial charge in [0.25, 0.3) is 5.91 Å². The van der Waals surface area contributed by atoms with Crippen molar-refractivity contribution in [3.05, 3.63) is 95.2 Å². The number of urea groups is 1. The van der Waals surface area contributed by atoms with E-state index in [1.54, 1.807) is 12.1 Å². The molecular weight excluding hydrogens is 720 g/mol. The molecule has 52 heavy (non-hydrogen) atoms. The number of sulfonamides is 1. The molecular formula is C34H33F6N5O6S. The zero-order chi connectivity index (χ0) is 38.1. The number of ether oxygens (including phenoxy) is 1. The van der Waals surface area contributed by atoms with E-state index in [1.165, 1.54) is 54.5 Å². The van der Waals surface area contributed by atoms with Gasteiger partial charge in [0, 0.05) is 36.3 Å². The summed E-state index contributed by atoms with van der Waals surface area (Å²) in [6.45, 7) is -0.703. The van der Waals surface area contributed by atoms with Gasteiger partial charge in [-0.25, -0.2) is 22.5 Å². The van der Waals surface area contributed by atoms with Crippen molar-refractivity contribution in [2.24, 2.45) is 0 Å². The number of nitrogens with zero attached hydrogens (tertiary/aromatic N) is 3. The van der Waals surface area contributed by atoms with Crippen LogP contribution in [0.25, 0.3) is 10.9 Å². The SMILES string of the molecule is COc1cc(C(=O)N2CCC(O)(c3cccc(C(F)(F)F)c3)CC2)ccc1NC(=O)N(CCNc1cc(C(F)(F)F)nc2ccccc12)S(C)(=O)=O. The lowest BCUT2D eigenvalue weighted by atomic mass is 9.83. The molecule has 1 aliphatic rings. The summed E-state index contributed by atoms with van der Waals surface area (Å²) in [5.41, 5.74) is -3.33. The number of carbonyl (C=O) groups is 2. The first kappa shape index (κ1) is 38.1. The van der Waals surface area contributed by atoms with Crippen molar-refractivity contribution < 1.29 is 54.2 Å². The number of hydrogen-bond donors (Lipinski definition) is 3. The fourth-order valence-corrected chi connectivity index (χ4v) is 6.59. The standard InChI is InChI=1S/C34H33F6N5O6S/c1-51-28-18-21(30(46)44-15-12-32(48,13-16-44)22-6-5-7-23(19-22)33(35,36)37)10-11-26(28)43-31(47)45(52(2,49)50)17-14-41-27-20-29(34(38,39)40)42-25-9-4-3-8-24(25)27/h3-11,18-20,48H,12-17H2,1-2H3,(H,41,42)(H,43,47). The fourth-order valence-electron chi connectivity index (χ4n) is 5.82. The molecule has 0 aliphatic carbocycles. The van der Waals surface area contributed by atoms with Crippen molar-refractivity contribution in [1.82, 2.24) is 14.2 Å². The summed E-state index contributed by atoms with van der Waals surface area (Å²) in [6.07, 6.45) is -8.60. The number of likely N-dealkylation sites (tertiary alicyclic amines) is 1. The molecule has 3 amide bonds. The largest absolute Gasteiger partial charge is 0.495 e.